The Hall–Kier alpha value is -2.52. The predicted octanol–water partition coefficient (Wildman–Crippen LogP) is 5.45. The van der Waals surface area contributed by atoms with Gasteiger partial charge in [0.15, 0.2) is 0 Å². The molecule has 0 aromatic heterocycles. The van der Waals surface area contributed by atoms with Crippen LogP contribution in [-0.2, 0) is 6.54 Å². The van der Waals surface area contributed by atoms with Gasteiger partial charge in [0.1, 0.15) is 0 Å². The first-order valence-corrected chi connectivity index (χ1v) is 9.12. The van der Waals surface area contributed by atoms with Crippen molar-refractivity contribution >= 4 is 23.7 Å². The van der Waals surface area contributed by atoms with Gasteiger partial charge < -0.3 is 0 Å². The van der Waals surface area contributed by atoms with Gasteiger partial charge in [0.05, 0.1) is 18.4 Å². The molecule has 2 nitrogen and oxygen atoms in total. The molecule has 0 N–H and O–H groups in total. The summed E-state index contributed by atoms with van der Waals surface area (Å²) in [5.74, 6) is 0. The van der Waals surface area contributed by atoms with Gasteiger partial charge in [-0.2, -0.15) is 5.10 Å². The summed E-state index contributed by atoms with van der Waals surface area (Å²) in [4.78, 5) is 1.26. The van der Waals surface area contributed by atoms with Crippen molar-refractivity contribution in [2.75, 3.05) is 11.3 Å². The molecule has 0 aliphatic heterocycles. The molecule has 0 radical (unpaired) electrons. The lowest BCUT2D eigenvalue weighted by molar-refractivity contribution is 0.858. The van der Waals surface area contributed by atoms with Crippen LogP contribution in [0.25, 0.3) is 0 Å². The van der Waals surface area contributed by atoms with Crippen molar-refractivity contribution in [1.82, 2.24) is 0 Å². The minimum absolute atomic E-state index is 0.740. The van der Waals surface area contributed by atoms with E-state index in [4.69, 9.17) is 5.10 Å². The molecular formula is C21H20N2S. The summed E-state index contributed by atoms with van der Waals surface area (Å²) < 4.78 is 0. The molecule has 0 saturated heterocycles. The van der Waals surface area contributed by atoms with Gasteiger partial charge in [0, 0.05) is 4.90 Å². The van der Waals surface area contributed by atoms with Gasteiger partial charge in [-0.15, -0.1) is 11.8 Å². The molecule has 0 saturated carbocycles. The second-order valence-corrected chi connectivity index (χ2v) is 6.28. The SMILES string of the molecule is CSc1ccc(C=NN(Cc2ccccc2)c2ccccc2)cc1. The highest BCUT2D eigenvalue weighted by molar-refractivity contribution is 7.98. The molecule has 120 valence electrons. The Kier molecular flexibility index (Phi) is 5.70. The summed E-state index contributed by atoms with van der Waals surface area (Å²) in [6.45, 7) is 0.740. The maximum atomic E-state index is 4.72. The molecule has 0 atom stereocenters. The Morgan fingerprint density at radius 2 is 1.46 bits per heavy atom. The minimum atomic E-state index is 0.740. The van der Waals surface area contributed by atoms with Crippen LogP contribution in [0.5, 0.6) is 0 Å². The first-order valence-electron chi connectivity index (χ1n) is 7.90. The first kappa shape index (κ1) is 16.3. The van der Waals surface area contributed by atoms with Gasteiger partial charge in [-0.1, -0.05) is 60.7 Å². The predicted molar refractivity (Wildman–Crippen MR) is 105 cm³/mol. The number of rotatable bonds is 6. The molecule has 0 bridgehead atoms. The van der Waals surface area contributed by atoms with E-state index in [1.165, 1.54) is 10.5 Å². The van der Waals surface area contributed by atoms with Crippen LogP contribution in [0.2, 0.25) is 0 Å². The molecule has 3 rings (SSSR count). The molecule has 24 heavy (non-hydrogen) atoms. The number of nitrogens with zero attached hydrogens (tertiary/aromatic N) is 2. The molecule has 3 aromatic rings. The van der Waals surface area contributed by atoms with E-state index in [1.807, 2.05) is 35.5 Å². The normalized spacial score (nSPS) is 10.9. The molecule has 0 aliphatic rings. The van der Waals surface area contributed by atoms with Crippen molar-refractivity contribution in [1.29, 1.82) is 0 Å². The zero-order valence-corrected chi connectivity index (χ0v) is 14.5. The van der Waals surface area contributed by atoms with Crippen molar-refractivity contribution in [2.45, 2.75) is 11.4 Å². The molecule has 0 unspecified atom stereocenters. The van der Waals surface area contributed by atoms with Gasteiger partial charge in [-0.05, 0) is 41.6 Å². The highest BCUT2D eigenvalue weighted by atomic mass is 32.2. The Morgan fingerprint density at radius 1 is 0.833 bits per heavy atom. The van der Waals surface area contributed by atoms with E-state index in [0.717, 1.165) is 17.8 Å². The summed E-state index contributed by atoms with van der Waals surface area (Å²) >= 11 is 1.75. The van der Waals surface area contributed by atoms with Crippen LogP contribution in [0, 0.1) is 0 Å². The monoisotopic (exact) mass is 332 g/mol. The molecule has 0 aliphatic carbocycles. The van der Waals surface area contributed by atoms with Crippen molar-refractivity contribution in [2.24, 2.45) is 5.10 Å². The van der Waals surface area contributed by atoms with Gasteiger partial charge in [0.25, 0.3) is 0 Å². The van der Waals surface area contributed by atoms with Gasteiger partial charge in [-0.3, -0.25) is 5.01 Å². The third-order valence-electron chi connectivity index (χ3n) is 3.69. The van der Waals surface area contributed by atoms with E-state index >= 15 is 0 Å². The summed E-state index contributed by atoms with van der Waals surface area (Å²) in [6.07, 6.45) is 4.00. The third-order valence-corrected chi connectivity index (χ3v) is 4.43. The fraction of sp³-hybridized carbons (Fsp3) is 0.0952. The fourth-order valence-electron chi connectivity index (χ4n) is 2.38. The number of hydrogen-bond acceptors (Lipinski definition) is 3. The van der Waals surface area contributed by atoms with Crippen molar-refractivity contribution in [3.05, 3.63) is 96.1 Å². The lowest BCUT2D eigenvalue weighted by Crippen LogP contribution is -2.15. The van der Waals surface area contributed by atoms with Gasteiger partial charge in [0.2, 0.25) is 0 Å². The second-order valence-electron chi connectivity index (χ2n) is 5.40. The van der Waals surface area contributed by atoms with Crippen LogP contribution in [0.4, 0.5) is 5.69 Å². The van der Waals surface area contributed by atoms with Crippen molar-refractivity contribution in [3.63, 3.8) is 0 Å². The Balaban J connectivity index is 1.82. The van der Waals surface area contributed by atoms with Crippen LogP contribution >= 0.6 is 11.8 Å². The fourth-order valence-corrected chi connectivity index (χ4v) is 2.79. The maximum absolute atomic E-state index is 4.72. The third kappa shape index (κ3) is 4.49. The smallest absolute Gasteiger partial charge is 0.0666 e. The molecule has 3 aromatic carbocycles. The van der Waals surface area contributed by atoms with Crippen LogP contribution in [-0.4, -0.2) is 12.5 Å². The topological polar surface area (TPSA) is 15.6 Å². The maximum Gasteiger partial charge on any atom is 0.0666 e. The number of benzene rings is 3. The lowest BCUT2D eigenvalue weighted by Gasteiger charge is -2.19. The largest absolute Gasteiger partial charge is 0.261 e. The first-order chi connectivity index (χ1) is 11.8. The van der Waals surface area contributed by atoms with Crippen LogP contribution in [0.15, 0.2) is 94.9 Å². The average molecular weight is 332 g/mol. The number of hydrogen-bond donors (Lipinski definition) is 0. The van der Waals surface area contributed by atoms with E-state index in [1.54, 1.807) is 11.8 Å². The highest BCUT2D eigenvalue weighted by Crippen LogP contribution is 2.18. The van der Waals surface area contributed by atoms with Crippen LogP contribution in [0.3, 0.4) is 0 Å². The number of para-hydroxylation sites is 1. The van der Waals surface area contributed by atoms with Crippen molar-refractivity contribution in [3.8, 4) is 0 Å². The summed E-state index contributed by atoms with van der Waals surface area (Å²) in [7, 11) is 0. The Labute approximate surface area is 147 Å². The van der Waals surface area contributed by atoms with E-state index in [-0.39, 0.29) is 0 Å². The standard InChI is InChI=1S/C21H20N2S/c1-24-21-14-12-18(13-15-21)16-22-23(20-10-6-3-7-11-20)17-19-8-4-2-5-9-19/h2-16H,17H2,1H3. The molecule has 0 amide bonds. The average Bonchev–Trinajstić information content (AvgIpc) is 2.67. The lowest BCUT2D eigenvalue weighted by atomic mass is 10.2. The Bertz CT molecular complexity index is 768. The van der Waals surface area contributed by atoms with E-state index in [2.05, 4.69) is 66.9 Å². The van der Waals surface area contributed by atoms with E-state index in [0.29, 0.717) is 0 Å². The molecule has 0 spiro atoms. The number of anilines is 1. The zero-order valence-electron chi connectivity index (χ0n) is 13.7. The van der Waals surface area contributed by atoms with Crippen molar-refractivity contribution < 1.29 is 0 Å². The Morgan fingerprint density at radius 3 is 2.08 bits per heavy atom. The van der Waals surface area contributed by atoms with Crippen LogP contribution < -0.4 is 5.01 Å². The van der Waals surface area contributed by atoms with Crippen LogP contribution in [0.1, 0.15) is 11.1 Å². The summed E-state index contributed by atoms with van der Waals surface area (Å²) in [5.41, 5.74) is 3.41. The summed E-state index contributed by atoms with van der Waals surface area (Å²) in [6, 6.07) is 29.1. The molecule has 0 heterocycles. The minimum Gasteiger partial charge on any atom is -0.261 e. The molecular weight excluding hydrogens is 312 g/mol. The van der Waals surface area contributed by atoms with Gasteiger partial charge >= 0.3 is 0 Å². The molecule has 0 fully saturated rings. The highest BCUT2D eigenvalue weighted by Gasteiger charge is 2.05. The summed E-state index contributed by atoms with van der Waals surface area (Å²) in [5, 5.41) is 6.74. The number of thioether (sulfide) groups is 1. The zero-order chi connectivity index (χ0) is 16.6. The van der Waals surface area contributed by atoms with E-state index in [9.17, 15) is 0 Å². The second kappa shape index (κ2) is 8.37. The van der Waals surface area contributed by atoms with Gasteiger partial charge in [-0.25, -0.2) is 0 Å². The molecule has 3 heteroatoms. The number of hydrazone groups is 1. The quantitative estimate of drug-likeness (QED) is 0.339. The van der Waals surface area contributed by atoms with E-state index < -0.39 is 0 Å².